The van der Waals surface area contributed by atoms with E-state index in [4.69, 9.17) is 0 Å². The van der Waals surface area contributed by atoms with Crippen LogP contribution in [0.25, 0.3) is 0 Å². The molecule has 0 spiro atoms. The molecule has 1 N–H and O–H groups in total. The number of para-hydroxylation sites is 1. The second-order valence-electron chi connectivity index (χ2n) is 9.13. The molecule has 0 aliphatic rings. The van der Waals surface area contributed by atoms with Crippen LogP contribution in [-0.4, -0.2) is 44.8 Å². The van der Waals surface area contributed by atoms with Crippen LogP contribution in [0.5, 0.6) is 0 Å². The fourth-order valence-electron chi connectivity index (χ4n) is 4.35. The van der Waals surface area contributed by atoms with Crippen molar-refractivity contribution in [1.29, 1.82) is 0 Å². The maximum absolute atomic E-state index is 14.1. The molecular weight excluding hydrogens is 529 g/mol. The largest absolute Gasteiger partial charge is 0.357 e. The Hall–Kier alpha value is -4.50. The molecule has 0 fully saturated rings. The van der Waals surface area contributed by atoms with E-state index in [1.54, 1.807) is 48.5 Å². The lowest BCUT2D eigenvalue weighted by atomic mass is 10.0. The Morgan fingerprint density at radius 2 is 1.32 bits per heavy atom. The number of nitrogens with one attached hydrogen (secondary N) is 1. The number of nitrogens with zero attached hydrogens (tertiary/aromatic N) is 2. The highest BCUT2D eigenvalue weighted by Gasteiger charge is 2.34. The summed E-state index contributed by atoms with van der Waals surface area (Å²) in [6.07, 6.45) is 0.199. The number of anilines is 1. The molecule has 2 amide bonds. The molecule has 0 saturated heterocycles. The van der Waals surface area contributed by atoms with Crippen molar-refractivity contribution in [2.45, 2.75) is 23.9 Å². The van der Waals surface area contributed by atoms with E-state index in [9.17, 15) is 22.4 Å². The minimum Gasteiger partial charge on any atom is -0.357 e. The van der Waals surface area contributed by atoms with Gasteiger partial charge in [0.2, 0.25) is 11.8 Å². The fraction of sp³-hybridized carbons (Fsp3) is 0.161. The summed E-state index contributed by atoms with van der Waals surface area (Å²) in [5.41, 5.74) is 1.72. The summed E-state index contributed by atoms with van der Waals surface area (Å²) in [5, 5.41) is 2.63. The molecule has 0 aromatic heterocycles. The molecule has 7 nitrogen and oxygen atoms in total. The Kier molecular flexibility index (Phi) is 9.29. The average molecular weight is 560 g/mol. The number of sulfonamides is 1. The third-order valence-corrected chi connectivity index (χ3v) is 8.23. The van der Waals surface area contributed by atoms with Crippen molar-refractivity contribution in [3.63, 3.8) is 0 Å². The molecule has 4 aromatic carbocycles. The van der Waals surface area contributed by atoms with E-state index in [0.717, 1.165) is 9.87 Å². The maximum Gasteiger partial charge on any atom is 0.264 e. The van der Waals surface area contributed by atoms with Crippen molar-refractivity contribution in [3.8, 4) is 0 Å². The molecule has 206 valence electrons. The number of halogens is 1. The maximum atomic E-state index is 14.1. The van der Waals surface area contributed by atoms with Gasteiger partial charge in [-0.05, 0) is 47.5 Å². The predicted octanol–water partition coefficient (Wildman–Crippen LogP) is 4.41. The minimum atomic E-state index is -4.14. The molecule has 0 saturated carbocycles. The standard InChI is InChI=1S/C31H30FN3O4S/c1-33-31(37)29(21-24-11-5-2-6-12-24)34(22-25-17-19-26(32)20-18-25)30(36)23-35(27-13-7-3-8-14-27)40(38,39)28-15-9-4-10-16-28/h2-20,29H,21-23H2,1H3,(H,33,37)/t29-/m0/s1. The van der Waals surface area contributed by atoms with Gasteiger partial charge in [-0.25, -0.2) is 12.8 Å². The monoisotopic (exact) mass is 559 g/mol. The van der Waals surface area contributed by atoms with Crippen LogP contribution in [0.1, 0.15) is 11.1 Å². The van der Waals surface area contributed by atoms with Gasteiger partial charge in [0.1, 0.15) is 18.4 Å². The highest BCUT2D eigenvalue weighted by molar-refractivity contribution is 7.92. The molecule has 0 heterocycles. The minimum absolute atomic E-state index is 0.0297. The Morgan fingerprint density at radius 3 is 1.90 bits per heavy atom. The molecule has 40 heavy (non-hydrogen) atoms. The molecule has 1 atom stereocenters. The summed E-state index contributed by atoms with van der Waals surface area (Å²) in [4.78, 5) is 28.7. The van der Waals surface area contributed by atoms with Crippen LogP contribution in [0.4, 0.5) is 10.1 Å². The van der Waals surface area contributed by atoms with Gasteiger partial charge in [-0.3, -0.25) is 13.9 Å². The number of carbonyl (C=O) groups is 2. The Labute approximate surface area is 233 Å². The van der Waals surface area contributed by atoms with E-state index in [-0.39, 0.29) is 17.9 Å². The van der Waals surface area contributed by atoms with Crippen LogP contribution >= 0.6 is 0 Å². The number of hydrogen-bond acceptors (Lipinski definition) is 4. The third-order valence-electron chi connectivity index (χ3n) is 6.44. The Morgan fingerprint density at radius 1 is 0.775 bits per heavy atom. The molecule has 0 unspecified atom stereocenters. The number of likely N-dealkylation sites (N-methyl/N-ethyl adjacent to an activating group) is 1. The van der Waals surface area contributed by atoms with Crippen molar-refractivity contribution in [2.24, 2.45) is 0 Å². The second-order valence-corrected chi connectivity index (χ2v) is 11.0. The highest BCUT2D eigenvalue weighted by Crippen LogP contribution is 2.24. The molecule has 4 rings (SSSR count). The topological polar surface area (TPSA) is 86.8 Å². The van der Waals surface area contributed by atoms with Gasteiger partial charge in [0.25, 0.3) is 10.0 Å². The summed E-state index contributed by atoms with van der Waals surface area (Å²) < 4.78 is 42.2. The molecule has 0 aliphatic carbocycles. The average Bonchev–Trinajstić information content (AvgIpc) is 2.99. The first-order valence-corrected chi connectivity index (χ1v) is 14.2. The van der Waals surface area contributed by atoms with Crippen molar-refractivity contribution in [2.75, 3.05) is 17.9 Å². The van der Waals surface area contributed by atoms with E-state index in [1.807, 2.05) is 30.3 Å². The van der Waals surface area contributed by atoms with E-state index < -0.39 is 40.2 Å². The smallest absolute Gasteiger partial charge is 0.264 e. The second kappa shape index (κ2) is 13.0. The van der Waals surface area contributed by atoms with Gasteiger partial charge in [0, 0.05) is 20.0 Å². The van der Waals surface area contributed by atoms with Crippen molar-refractivity contribution in [1.82, 2.24) is 10.2 Å². The van der Waals surface area contributed by atoms with Gasteiger partial charge in [-0.15, -0.1) is 0 Å². The molecule has 0 radical (unpaired) electrons. The van der Waals surface area contributed by atoms with Crippen LogP contribution in [0, 0.1) is 5.82 Å². The Bertz CT molecular complexity index is 1520. The predicted molar refractivity (Wildman–Crippen MR) is 152 cm³/mol. The first-order valence-electron chi connectivity index (χ1n) is 12.7. The van der Waals surface area contributed by atoms with Gasteiger partial charge in [-0.2, -0.15) is 0 Å². The summed E-state index contributed by atoms with van der Waals surface area (Å²) in [6.45, 7) is -0.581. The van der Waals surface area contributed by atoms with Gasteiger partial charge in [-0.1, -0.05) is 78.9 Å². The first-order chi connectivity index (χ1) is 19.3. The molecule has 0 aliphatic heterocycles. The normalized spacial score (nSPS) is 11.8. The fourth-order valence-corrected chi connectivity index (χ4v) is 5.78. The van der Waals surface area contributed by atoms with Crippen LogP contribution in [0.2, 0.25) is 0 Å². The van der Waals surface area contributed by atoms with Crippen LogP contribution in [0.3, 0.4) is 0 Å². The molecule has 4 aromatic rings. The van der Waals surface area contributed by atoms with Gasteiger partial charge in [0.15, 0.2) is 0 Å². The summed E-state index contributed by atoms with van der Waals surface area (Å²) in [6, 6.07) is 30.1. The zero-order valence-corrected chi connectivity index (χ0v) is 22.8. The zero-order chi connectivity index (χ0) is 28.5. The van der Waals surface area contributed by atoms with Crippen molar-refractivity contribution >= 4 is 27.5 Å². The zero-order valence-electron chi connectivity index (χ0n) is 22.0. The van der Waals surface area contributed by atoms with E-state index in [1.165, 1.54) is 48.3 Å². The van der Waals surface area contributed by atoms with Crippen LogP contribution in [0.15, 0.2) is 120 Å². The lowest BCUT2D eigenvalue weighted by Crippen LogP contribution is -2.53. The molecular formula is C31H30FN3O4S. The van der Waals surface area contributed by atoms with E-state index in [2.05, 4.69) is 5.32 Å². The summed E-state index contributed by atoms with van der Waals surface area (Å²) >= 11 is 0. The number of amides is 2. The molecule has 0 bridgehead atoms. The van der Waals surface area contributed by atoms with Crippen molar-refractivity contribution in [3.05, 3.63) is 132 Å². The lowest BCUT2D eigenvalue weighted by molar-refractivity contribution is -0.139. The quantitative estimate of drug-likeness (QED) is 0.295. The number of benzene rings is 4. The van der Waals surface area contributed by atoms with Gasteiger partial charge >= 0.3 is 0 Å². The van der Waals surface area contributed by atoms with Crippen molar-refractivity contribution < 1.29 is 22.4 Å². The summed E-state index contributed by atoms with van der Waals surface area (Å²) in [5.74, 6) is -1.42. The number of carbonyl (C=O) groups excluding carboxylic acids is 2. The summed E-state index contributed by atoms with van der Waals surface area (Å²) in [7, 11) is -2.65. The van der Waals surface area contributed by atoms with Crippen LogP contribution < -0.4 is 9.62 Å². The third kappa shape index (κ3) is 6.92. The lowest BCUT2D eigenvalue weighted by Gasteiger charge is -2.33. The number of hydrogen-bond donors (Lipinski definition) is 1. The van der Waals surface area contributed by atoms with Crippen LogP contribution in [-0.2, 0) is 32.6 Å². The SMILES string of the molecule is CNC(=O)[C@H](Cc1ccccc1)N(Cc1ccc(F)cc1)C(=O)CN(c1ccccc1)S(=O)(=O)c1ccccc1. The van der Waals surface area contributed by atoms with E-state index in [0.29, 0.717) is 11.3 Å². The number of rotatable bonds is 11. The van der Waals surface area contributed by atoms with E-state index >= 15 is 0 Å². The first kappa shape index (κ1) is 28.5. The Balaban J connectivity index is 1.76. The van der Waals surface area contributed by atoms with Gasteiger partial charge in [0.05, 0.1) is 10.6 Å². The molecule has 9 heteroatoms. The van der Waals surface area contributed by atoms with Gasteiger partial charge < -0.3 is 10.2 Å². The highest BCUT2D eigenvalue weighted by atomic mass is 32.2.